The van der Waals surface area contributed by atoms with Crippen molar-refractivity contribution >= 4 is 23.3 Å². The number of aliphatic carboxylic acids is 1. The van der Waals surface area contributed by atoms with E-state index in [1.54, 1.807) is 18.2 Å². The van der Waals surface area contributed by atoms with Crippen molar-refractivity contribution in [3.8, 4) is 6.07 Å². The van der Waals surface area contributed by atoms with Gasteiger partial charge in [0, 0.05) is 13.1 Å². The first-order valence-electron chi connectivity index (χ1n) is 4.80. The average molecular weight is 237 g/mol. The predicted octanol–water partition coefficient (Wildman–Crippen LogP) is 1.73. The first-order chi connectivity index (χ1) is 7.63. The number of nitrogens with zero attached hydrogens (tertiary/aromatic N) is 2. The number of hydrogen-bond donors (Lipinski definition) is 1. The van der Waals surface area contributed by atoms with Crippen LogP contribution >= 0.6 is 11.6 Å². The Balaban J connectivity index is 2.21. The fourth-order valence-corrected chi connectivity index (χ4v) is 1.93. The van der Waals surface area contributed by atoms with Gasteiger partial charge in [-0.05, 0) is 12.1 Å². The summed E-state index contributed by atoms with van der Waals surface area (Å²) in [5.41, 5.74) is 1.13. The molecule has 5 heteroatoms. The van der Waals surface area contributed by atoms with Crippen LogP contribution in [0.4, 0.5) is 5.69 Å². The summed E-state index contributed by atoms with van der Waals surface area (Å²) in [5.74, 6) is -1.14. The molecule has 0 bridgehead atoms. The number of halogens is 1. The van der Waals surface area contributed by atoms with Crippen LogP contribution in [0.2, 0.25) is 5.02 Å². The lowest BCUT2D eigenvalue weighted by Gasteiger charge is -2.39. The molecule has 1 aromatic rings. The van der Waals surface area contributed by atoms with E-state index >= 15 is 0 Å². The standard InChI is InChI=1S/C11H9ClN2O2/c12-9-2-1-3-10(8(9)4-13)14-5-7(6-14)11(15)16/h1-3,7H,5-6H2,(H,15,16). The molecule has 1 aromatic carbocycles. The van der Waals surface area contributed by atoms with Crippen LogP contribution in [0.3, 0.4) is 0 Å². The Morgan fingerprint density at radius 2 is 2.25 bits per heavy atom. The molecule has 1 aliphatic rings. The third-order valence-corrected chi connectivity index (χ3v) is 2.99. The van der Waals surface area contributed by atoms with Gasteiger partial charge in [0.1, 0.15) is 6.07 Å². The van der Waals surface area contributed by atoms with Crippen molar-refractivity contribution < 1.29 is 9.90 Å². The van der Waals surface area contributed by atoms with Crippen molar-refractivity contribution in [3.05, 3.63) is 28.8 Å². The van der Waals surface area contributed by atoms with Crippen molar-refractivity contribution in [1.82, 2.24) is 0 Å². The van der Waals surface area contributed by atoms with E-state index in [0.717, 1.165) is 0 Å². The normalized spacial score (nSPS) is 15.4. The molecule has 1 aliphatic heterocycles. The second-order valence-corrected chi connectivity index (χ2v) is 4.09. The Morgan fingerprint density at radius 3 is 2.81 bits per heavy atom. The summed E-state index contributed by atoms with van der Waals surface area (Å²) in [6.45, 7) is 0.870. The number of benzene rings is 1. The molecule has 0 radical (unpaired) electrons. The van der Waals surface area contributed by atoms with Crippen molar-refractivity contribution in [2.45, 2.75) is 0 Å². The summed E-state index contributed by atoms with van der Waals surface area (Å²) >= 11 is 5.89. The topological polar surface area (TPSA) is 64.3 Å². The van der Waals surface area contributed by atoms with Crippen LogP contribution in [0.5, 0.6) is 0 Å². The van der Waals surface area contributed by atoms with Crippen molar-refractivity contribution in [3.63, 3.8) is 0 Å². The zero-order chi connectivity index (χ0) is 11.7. The summed E-state index contributed by atoms with van der Waals surface area (Å²) in [6.07, 6.45) is 0. The maximum atomic E-state index is 10.7. The number of nitriles is 1. The highest BCUT2D eigenvalue weighted by Gasteiger charge is 2.33. The lowest BCUT2D eigenvalue weighted by atomic mass is 9.98. The molecule has 0 spiro atoms. The fraction of sp³-hybridized carbons (Fsp3) is 0.273. The highest BCUT2D eigenvalue weighted by atomic mass is 35.5. The van der Waals surface area contributed by atoms with Crippen LogP contribution in [0.15, 0.2) is 18.2 Å². The van der Waals surface area contributed by atoms with Crippen LogP contribution in [-0.4, -0.2) is 24.2 Å². The monoisotopic (exact) mass is 236 g/mol. The van der Waals surface area contributed by atoms with E-state index in [2.05, 4.69) is 0 Å². The largest absolute Gasteiger partial charge is 0.481 e. The van der Waals surface area contributed by atoms with E-state index in [4.69, 9.17) is 22.0 Å². The minimum atomic E-state index is -0.795. The number of carboxylic acids is 1. The van der Waals surface area contributed by atoms with Gasteiger partial charge in [0.05, 0.1) is 22.2 Å². The van der Waals surface area contributed by atoms with Gasteiger partial charge in [-0.3, -0.25) is 4.79 Å². The molecular weight excluding hydrogens is 228 g/mol. The third-order valence-electron chi connectivity index (χ3n) is 2.67. The lowest BCUT2D eigenvalue weighted by molar-refractivity contribution is -0.142. The smallest absolute Gasteiger partial charge is 0.310 e. The van der Waals surface area contributed by atoms with Crippen molar-refractivity contribution in [2.24, 2.45) is 5.92 Å². The molecule has 0 aliphatic carbocycles. The van der Waals surface area contributed by atoms with Gasteiger partial charge in [0.2, 0.25) is 0 Å². The Kier molecular flexibility index (Phi) is 2.71. The maximum absolute atomic E-state index is 10.7. The highest BCUT2D eigenvalue weighted by Crippen LogP contribution is 2.31. The summed E-state index contributed by atoms with van der Waals surface area (Å²) < 4.78 is 0. The Bertz CT molecular complexity index is 475. The van der Waals surface area contributed by atoms with E-state index in [1.807, 2.05) is 11.0 Å². The van der Waals surface area contributed by atoms with E-state index in [0.29, 0.717) is 29.4 Å². The quantitative estimate of drug-likeness (QED) is 0.850. The SMILES string of the molecule is N#Cc1c(Cl)cccc1N1CC(C(=O)O)C1. The molecule has 16 heavy (non-hydrogen) atoms. The van der Waals surface area contributed by atoms with Gasteiger partial charge in [-0.25, -0.2) is 0 Å². The number of hydrogen-bond acceptors (Lipinski definition) is 3. The molecule has 1 saturated heterocycles. The van der Waals surface area contributed by atoms with Gasteiger partial charge in [-0.1, -0.05) is 17.7 Å². The first-order valence-corrected chi connectivity index (χ1v) is 5.17. The molecule has 1 fully saturated rings. The van der Waals surface area contributed by atoms with Gasteiger partial charge < -0.3 is 10.0 Å². The van der Waals surface area contributed by atoms with Crippen molar-refractivity contribution in [1.29, 1.82) is 5.26 Å². The molecule has 82 valence electrons. The maximum Gasteiger partial charge on any atom is 0.310 e. The summed E-state index contributed by atoms with van der Waals surface area (Å²) in [7, 11) is 0. The van der Waals surface area contributed by atoms with Gasteiger partial charge in [0.25, 0.3) is 0 Å². The Morgan fingerprint density at radius 1 is 1.56 bits per heavy atom. The van der Waals surface area contributed by atoms with Gasteiger partial charge in [-0.15, -0.1) is 0 Å². The number of carboxylic acid groups (broad SMARTS) is 1. The molecule has 1 heterocycles. The van der Waals surface area contributed by atoms with Crippen LogP contribution in [-0.2, 0) is 4.79 Å². The predicted molar refractivity (Wildman–Crippen MR) is 59.5 cm³/mol. The van der Waals surface area contributed by atoms with Gasteiger partial charge in [0.15, 0.2) is 0 Å². The summed E-state index contributed by atoms with van der Waals surface area (Å²) in [5, 5.41) is 18.1. The van der Waals surface area contributed by atoms with Crippen LogP contribution in [0.1, 0.15) is 5.56 Å². The molecule has 4 nitrogen and oxygen atoms in total. The third kappa shape index (κ3) is 1.70. The minimum absolute atomic E-state index is 0.342. The van der Waals surface area contributed by atoms with E-state index in [-0.39, 0.29) is 5.92 Å². The number of carbonyl (C=O) groups is 1. The van der Waals surface area contributed by atoms with Gasteiger partial charge >= 0.3 is 5.97 Å². The molecular formula is C11H9ClN2O2. The fourth-order valence-electron chi connectivity index (χ4n) is 1.72. The van der Waals surface area contributed by atoms with Crippen LogP contribution in [0.25, 0.3) is 0 Å². The molecule has 0 atom stereocenters. The Labute approximate surface area is 97.7 Å². The van der Waals surface area contributed by atoms with Gasteiger partial charge in [-0.2, -0.15) is 5.26 Å². The number of rotatable bonds is 2. The summed E-state index contributed by atoms with van der Waals surface area (Å²) in [6, 6.07) is 7.22. The number of anilines is 1. The summed E-state index contributed by atoms with van der Waals surface area (Å²) in [4.78, 5) is 12.5. The molecule has 0 amide bonds. The molecule has 1 N–H and O–H groups in total. The van der Waals surface area contributed by atoms with E-state index < -0.39 is 5.97 Å². The molecule has 0 unspecified atom stereocenters. The Hall–Kier alpha value is -1.73. The average Bonchev–Trinajstić information content (AvgIpc) is 2.15. The zero-order valence-corrected chi connectivity index (χ0v) is 9.11. The molecule has 0 aromatic heterocycles. The lowest BCUT2D eigenvalue weighted by Crippen LogP contribution is -2.50. The molecule has 2 rings (SSSR count). The van der Waals surface area contributed by atoms with Crippen LogP contribution in [0, 0.1) is 17.2 Å². The van der Waals surface area contributed by atoms with E-state index in [1.165, 1.54) is 0 Å². The van der Waals surface area contributed by atoms with Crippen LogP contribution < -0.4 is 4.90 Å². The van der Waals surface area contributed by atoms with Crippen molar-refractivity contribution in [2.75, 3.05) is 18.0 Å². The zero-order valence-electron chi connectivity index (χ0n) is 8.35. The first kappa shape index (κ1) is 10.8. The molecule has 0 saturated carbocycles. The second kappa shape index (κ2) is 4.03. The highest BCUT2D eigenvalue weighted by molar-refractivity contribution is 6.32. The van der Waals surface area contributed by atoms with E-state index in [9.17, 15) is 4.79 Å². The minimum Gasteiger partial charge on any atom is -0.481 e. The second-order valence-electron chi connectivity index (χ2n) is 3.69.